The summed E-state index contributed by atoms with van der Waals surface area (Å²) in [6.07, 6.45) is -0.193. The van der Waals surface area contributed by atoms with Gasteiger partial charge in [0.1, 0.15) is 6.10 Å². The number of ether oxygens (including phenoxy) is 1. The molecular weight excluding hydrogens is 154 g/mol. The van der Waals surface area contributed by atoms with Gasteiger partial charge >= 0.3 is 0 Å². The molecule has 0 amide bonds. The Hall–Kier alpha value is -0.410. The lowest BCUT2D eigenvalue weighted by molar-refractivity contribution is -0.134. The van der Waals surface area contributed by atoms with E-state index in [2.05, 4.69) is 18.7 Å². The Morgan fingerprint density at radius 1 is 1.58 bits per heavy atom. The zero-order chi connectivity index (χ0) is 9.14. The number of hydrogen-bond donors (Lipinski definition) is 0. The molecule has 1 saturated heterocycles. The third kappa shape index (κ3) is 2.29. The Kier molecular flexibility index (Phi) is 3.23. The van der Waals surface area contributed by atoms with Gasteiger partial charge < -0.3 is 4.74 Å². The fourth-order valence-corrected chi connectivity index (χ4v) is 1.38. The van der Waals surface area contributed by atoms with Gasteiger partial charge in [-0.1, -0.05) is 0 Å². The third-order valence-corrected chi connectivity index (χ3v) is 2.28. The van der Waals surface area contributed by atoms with E-state index in [-0.39, 0.29) is 11.9 Å². The molecule has 0 N–H and O–H groups in total. The summed E-state index contributed by atoms with van der Waals surface area (Å²) in [5.74, 6) is 0.139. The molecule has 0 aromatic carbocycles. The number of carbonyl (C=O) groups excluding carboxylic acids is 1. The molecule has 1 heterocycles. The van der Waals surface area contributed by atoms with Crippen LogP contribution in [0.2, 0.25) is 0 Å². The van der Waals surface area contributed by atoms with E-state index in [9.17, 15) is 4.79 Å². The second kappa shape index (κ2) is 4.01. The van der Waals surface area contributed by atoms with Crippen LogP contribution in [0.15, 0.2) is 0 Å². The van der Waals surface area contributed by atoms with Crippen molar-refractivity contribution >= 4 is 5.78 Å². The Morgan fingerprint density at radius 2 is 2.25 bits per heavy atom. The molecule has 0 aromatic heterocycles. The molecule has 1 fully saturated rings. The van der Waals surface area contributed by atoms with E-state index in [1.54, 1.807) is 6.92 Å². The quantitative estimate of drug-likeness (QED) is 0.612. The largest absolute Gasteiger partial charge is 0.368 e. The van der Waals surface area contributed by atoms with Crippen LogP contribution < -0.4 is 0 Å². The van der Waals surface area contributed by atoms with Gasteiger partial charge in [-0.3, -0.25) is 9.69 Å². The normalized spacial score (nSPS) is 26.2. The molecule has 1 rings (SSSR count). The second-order valence-electron chi connectivity index (χ2n) is 3.56. The van der Waals surface area contributed by atoms with Crippen molar-refractivity contribution < 1.29 is 9.53 Å². The van der Waals surface area contributed by atoms with Gasteiger partial charge in [0.2, 0.25) is 0 Å². The molecule has 0 bridgehead atoms. The van der Waals surface area contributed by atoms with Crippen LogP contribution in [0.4, 0.5) is 0 Å². The van der Waals surface area contributed by atoms with Crippen LogP contribution >= 0.6 is 0 Å². The Balaban J connectivity index is 2.46. The summed E-state index contributed by atoms with van der Waals surface area (Å²) in [5.41, 5.74) is 0. The maximum atomic E-state index is 11.0. The Morgan fingerprint density at radius 3 is 2.75 bits per heavy atom. The minimum Gasteiger partial charge on any atom is -0.368 e. The first-order valence-corrected chi connectivity index (χ1v) is 4.47. The lowest BCUT2D eigenvalue weighted by atomic mass is 10.2. The molecule has 3 nitrogen and oxygen atoms in total. The van der Waals surface area contributed by atoms with Crippen LogP contribution in [-0.2, 0) is 9.53 Å². The number of hydrogen-bond acceptors (Lipinski definition) is 3. The molecule has 0 saturated carbocycles. The Bertz CT molecular complexity index is 168. The monoisotopic (exact) mass is 171 g/mol. The highest BCUT2D eigenvalue weighted by molar-refractivity contribution is 5.80. The first-order valence-electron chi connectivity index (χ1n) is 4.47. The van der Waals surface area contributed by atoms with Crippen LogP contribution in [0.3, 0.4) is 0 Å². The minimum atomic E-state index is -0.193. The molecule has 0 aromatic rings. The number of morpholine rings is 1. The van der Waals surface area contributed by atoms with E-state index in [1.807, 2.05) is 0 Å². The van der Waals surface area contributed by atoms with E-state index in [0.717, 1.165) is 13.1 Å². The van der Waals surface area contributed by atoms with E-state index in [0.29, 0.717) is 12.6 Å². The van der Waals surface area contributed by atoms with Crippen molar-refractivity contribution in [2.45, 2.75) is 32.9 Å². The highest BCUT2D eigenvalue weighted by Gasteiger charge is 2.24. The van der Waals surface area contributed by atoms with Crippen LogP contribution in [0.1, 0.15) is 20.8 Å². The number of Topliss-reactive ketones (excluding diaryl/α,β-unsaturated/α-hetero) is 1. The number of ketones is 1. The predicted molar refractivity (Wildman–Crippen MR) is 47.1 cm³/mol. The van der Waals surface area contributed by atoms with E-state index >= 15 is 0 Å². The first kappa shape index (κ1) is 9.68. The molecule has 0 radical (unpaired) electrons. The van der Waals surface area contributed by atoms with Gasteiger partial charge in [0.25, 0.3) is 0 Å². The van der Waals surface area contributed by atoms with Crippen LogP contribution in [-0.4, -0.2) is 42.5 Å². The van der Waals surface area contributed by atoms with Crippen molar-refractivity contribution in [3.8, 4) is 0 Å². The average Bonchev–Trinajstić information content (AvgIpc) is 2.04. The molecule has 3 heteroatoms. The summed E-state index contributed by atoms with van der Waals surface area (Å²) < 4.78 is 5.33. The summed E-state index contributed by atoms with van der Waals surface area (Å²) in [4.78, 5) is 13.3. The summed E-state index contributed by atoms with van der Waals surface area (Å²) in [5, 5.41) is 0. The fraction of sp³-hybridized carbons (Fsp3) is 0.889. The fourth-order valence-electron chi connectivity index (χ4n) is 1.38. The highest BCUT2D eigenvalue weighted by atomic mass is 16.5. The summed E-state index contributed by atoms with van der Waals surface area (Å²) in [6.45, 7) is 8.26. The maximum Gasteiger partial charge on any atom is 0.159 e. The number of rotatable bonds is 2. The molecule has 0 aliphatic carbocycles. The third-order valence-electron chi connectivity index (χ3n) is 2.28. The maximum absolute atomic E-state index is 11.0. The van der Waals surface area contributed by atoms with Crippen molar-refractivity contribution in [2.24, 2.45) is 0 Å². The molecule has 12 heavy (non-hydrogen) atoms. The van der Waals surface area contributed by atoms with Gasteiger partial charge in [-0.15, -0.1) is 0 Å². The van der Waals surface area contributed by atoms with Crippen molar-refractivity contribution in [1.29, 1.82) is 0 Å². The lowest BCUT2D eigenvalue weighted by Crippen LogP contribution is -2.48. The van der Waals surface area contributed by atoms with Gasteiger partial charge in [-0.05, 0) is 20.8 Å². The standard InChI is InChI=1S/C9H17NO2/c1-7(2)10-4-5-12-9(6-10)8(3)11/h7,9H,4-6H2,1-3H3/t9-/m1/s1. The second-order valence-corrected chi connectivity index (χ2v) is 3.56. The summed E-state index contributed by atoms with van der Waals surface area (Å²) in [6, 6.07) is 0.510. The van der Waals surface area contributed by atoms with Crippen LogP contribution in [0.5, 0.6) is 0 Å². The van der Waals surface area contributed by atoms with E-state index in [4.69, 9.17) is 4.74 Å². The van der Waals surface area contributed by atoms with Crippen molar-refractivity contribution in [3.63, 3.8) is 0 Å². The lowest BCUT2D eigenvalue weighted by Gasteiger charge is -2.34. The van der Waals surface area contributed by atoms with Gasteiger partial charge in [-0.2, -0.15) is 0 Å². The molecule has 0 spiro atoms. The van der Waals surface area contributed by atoms with Gasteiger partial charge in [-0.25, -0.2) is 0 Å². The molecule has 70 valence electrons. The minimum absolute atomic E-state index is 0.139. The zero-order valence-electron chi connectivity index (χ0n) is 8.04. The van der Waals surface area contributed by atoms with Crippen LogP contribution in [0, 0.1) is 0 Å². The first-order chi connectivity index (χ1) is 5.61. The van der Waals surface area contributed by atoms with Gasteiger partial charge in [0, 0.05) is 19.1 Å². The SMILES string of the molecule is CC(=O)[C@H]1CN(C(C)C)CCO1. The molecule has 1 aliphatic heterocycles. The number of carbonyl (C=O) groups is 1. The average molecular weight is 171 g/mol. The van der Waals surface area contributed by atoms with Gasteiger partial charge in [0.15, 0.2) is 5.78 Å². The van der Waals surface area contributed by atoms with Crippen molar-refractivity contribution in [2.75, 3.05) is 19.7 Å². The number of nitrogens with zero attached hydrogens (tertiary/aromatic N) is 1. The van der Waals surface area contributed by atoms with Crippen molar-refractivity contribution in [1.82, 2.24) is 4.90 Å². The molecule has 0 unspecified atom stereocenters. The summed E-state index contributed by atoms with van der Waals surface area (Å²) in [7, 11) is 0. The predicted octanol–water partition coefficient (Wildman–Crippen LogP) is 0.685. The van der Waals surface area contributed by atoms with E-state index in [1.165, 1.54) is 0 Å². The smallest absolute Gasteiger partial charge is 0.159 e. The Labute approximate surface area is 73.7 Å². The van der Waals surface area contributed by atoms with Gasteiger partial charge in [0.05, 0.1) is 6.61 Å². The molecule has 1 atom stereocenters. The topological polar surface area (TPSA) is 29.5 Å². The van der Waals surface area contributed by atoms with Crippen LogP contribution in [0.25, 0.3) is 0 Å². The highest BCUT2D eigenvalue weighted by Crippen LogP contribution is 2.08. The summed E-state index contributed by atoms with van der Waals surface area (Å²) >= 11 is 0. The van der Waals surface area contributed by atoms with E-state index < -0.39 is 0 Å². The van der Waals surface area contributed by atoms with Crippen molar-refractivity contribution in [3.05, 3.63) is 0 Å². The molecular formula is C9H17NO2. The molecule has 1 aliphatic rings. The zero-order valence-corrected chi connectivity index (χ0v) is 8.04.